The summed E-state index contributed by atoms with van der Waals surface area (Å²) in [6, 6.07) is 12.3. The highest BCUT2D eigenvalue weighted by atomic mass is 19.1. The van der Waals surface area contributed by atoms with E-state index in [1.54, 1.807) is 10.9 Å². The van der Waals surface area contributed by atoms with Gasteiger partial charge < -0.3 is 14.2 Å². The average molecular weight is 472 g/mol. The van der Waals surface area contributed by atoms with Gasteiger partial charge in [-0.3, -0.25) is 4.79 Å². The van der Waals surface area contributed by atoms with Crippen LogP contribution in [-0.2, 0) is 6.42 Å². The van der Waals surface area contributed by atoms with Crippen LogP contribution in [0.1, 0.15) is 63.9 Å². The van der Waals surface area contributed by atoms with Crippen molar-refractivity contribution in [1.82, 2.24) is 14.1 Å². The molecular weight excluding hydrogens is 441 g/mol. The Balaban J connectivity index is 1.53. The number of halogens is 1. The lowest BCUT2D eigenvalue weighted by Gasteiger charge is -2.21. The Kier molecular flexibility index (Phi) is 6.15. The zero-order chi connectivity index (χ0) is 24.7. The summed E-state index contributed by atoms with van der Waals surface area (Å²) in [4.78, 5) is 17.9. The third kappa shape index (κ3) is 4.84. The summed E-state index contributed by atoms with van der Waals surface area (Å²) < 4.78 is 17.8. The van der Waals surface area contributed by atoms with E-state index in [0.717, 1.165) is 46.5 Å². The molecule has 2 aromatic heterocycles. The van der Waals surface area contributed by atoms with Crippen LogP contribution >= 0.6 is 0 Å². The lowest BCUT2D eigenvalue weighted by molar-refractivity contribution is 0.246. The normalized spacial score (nSPS) is 14.3. The van der Waals surface area contributed by atoms with Gasteiger partial charge in [0.2, 0.25) is 0 Å². The van der Waals surface area contributed by atoms with E-state index in [9.17, 15) is 14.3 Å². The summed E-state index contributed by atoms with van der Waals surface area (Å²) in [5.41, 5.74) is 7.15. The largest absolute Gasteiger partial charge is 0.394 e. The molecule has 4 aromatic rings. The highest BCUT2D eigenvalue weighted by Gasteiger charge is 2.27. The molecule has 1 N–H and O–H groups in total. The molecule has 1 atom stereocenters. The molecule has 2 aromatic carbocycles. The van der Waals surface area contributed by atoms with Gasteiger partial charge in [0, 0.05) is 30.1 Å². The summed E-state index contributed by atoms with van der Waals surface area (Å²) in [6.45, 7) is 5.55. The molecule has 1 saturated carbocycles. The van der Waals surface area contributed by atoms with Crippen LogP contribution in [0.3, 0.4) is 0 Å². The van der Waals surface area contributed by atoms with Gasteiger partial charge in [-0.25, -0.2) is 9.37 Å². The van der Waals surface area contributed by atoms with Crippen molar-refractivity contribution in [3.05, 3.63) is 116 Å². The predicted molar refractivity (Wildman–Crippen MR) is 135 cm³/mol. The van der Waals surface area contributed by atoms with Gasteiger partial charge in [-0.1, -0.05) is 18.2 Å². The van der Waals surface area contributed by atoms with Gasteiger partial charge in [0.25, 0.3) is 5.56 Å². The van der Waals surface area contributed by atoms with Crippen LogP contribution in [-0.4, -0.2) is 25.8 Å². The summed E-state index contributed by atoms with van der Waals surface area (Å²) >= 11 is 0. The molecule has 2 heterocycles. The Morgan fingerprint density at radius 1 is 1.09 bits per heavy atom. The first kappa shape index (κ1) is 23.2. The first-order chi connectivity index (χ1) is 16.8. The van der Waals surface area contributed by atoms with E-state index in [0.29, 0.717) is 23.5 Å². The third-order valence-electron chi connectivity index (χ3n) is 6.79. The molecule has 1 fully saturated rings. The number of benzene rings is 2. The Morgan fingerprint density at radius 2 is 1.89 bits per heavy atom. The molecule has 0 spiro atoms. The molecule has 35 heavy (non-hydrogen) atoms. The van der Waals surface area contributed by atoms with Crippen molar-refractivity contribution < 1.29 is 9.50 Å². The van der Waals surface area contributed by atoms with Crippen LogP contribution in [0.2, 0.25) is 0 Å². The fourth-order valence-electron chi connectivity index (χ4n) is 4.88. The molecule has 180 valence electrons. The molecular formula is C29H30FN3O2. The number of aromatic nitrogens is 3. The number of rotatable bonds is 7. The summed E-state index contributed by atoms with van der Waals surface area (Å²) in [5.74, 6) is 0.0662. The first-order valence-electron chi connectivity index (χ1n) is 12.1. The van der Waals surface area contributed by atoms with E-state index in [1.165, 1.54) is 12.1 Å². The quantitative estimate of drug-likeness (QED) is 0.406. The Morgan fingerprint density at radius 3 is 2.51 bits per heavy atom. The minimum absolute atomic E-state index is 0.151. The maximum atomic E-state index is 14.1. The van der Waals surface area contributed by atoms with Gasteiger partial charge in [-0.2, -0.15) is 0 Å². The molecule has 0 amide bonds. The predicted octanol–water partition coefficient (Wildman–Crippen LogP) is 5.15. The summed E-state index contributed by atoms with van der Waals surface area (Å²) in [7, 11) is 0. The van der Waals surface area contributed by atoms with Gasteiger partial charge in [-0.05, 0) is 91.6 Å². The second kappa shape index (κ2) is 9.27. The monoisotopic (exact) mass is 471 g/mol. The maximum absolute atomic E-state index is 14.1. The van der Waals surface area contributed by atoms with E-state index in [-0.39, 0.29) is 18.0 Å². The highest BCUT2D eigenvalue weighted by Crippen LogP contribution is 2.40. The minimum atomic E-state index is -0.636. The molecule has 1 aliphatic carbocycles. The number of hydrogen-bond donors (Lipinski definition) is 1. The molecule has 0 radical (unpaired) electrons. The Bertz CT molecular complexity index is 1430. The molecule has 0 saturated heterocycles. The smallest absolute Gasteiger partial charge is 0.254 e. The van der Waals surface area contributed by atoms with E-state index in [1.807, 2.05) is 49.0 Å². The Labute approximate surface area is 204 Å². The van der Waals surface area contributed by atoms with Crippen LogP contribution in [0.4, 0.5) is 4.39 Å². The van der Waals surface area contributed by atoms with Crippen molar-refractivity contribution in [1.29, 1.82) is 0 Å². The minimum Gasteiger partial charge on any atom is -0.394 e. The molecule has 6 heteroatoms. The van der Waals surface area contributed by atoms with Crippen LogP contribution < -0.4 is 5.56 Å². The fraction of sp³-hybridized carbons (Fsp3) is 0.310. The second-order valence-corrected chi connectivity index (χ2v) is 9.77. The number of aliphatic hydroxyl groups excluding tert-OH is 1. The number of pyridine rings is 1. The van der Waals surface area contributed by atoms with Gasteiger partial charge in [0.1, 0.15) is 5.82 Å². The summed E-state index contributed by atoms with van der Waals surface area (Å²) in [6.07, 6.45) is 8.34. The summed E-state index contributed by atoms with van der Waals surface area (Å²) in [5, 5.41) is 10.3. The fourth-order valence-corrected chi connectivity index (χ4v) is 4.88. The Hall–Kier alpha value is -3.51. The standard InChI is InChI=1S/C29H30FN3O2/c1-18-8-23(13-26(30)9-18)28(16-34)33-15-25(22-5-6-22)12-24(29(33)35)11-21-4-7-27(19(2)10-21)32-14-20(3)31-17-32/h4,7-10,12-15,17,22,28,34H,5-6,11,16H2,1-3H3/t28-/m0/s1. The molecule has 0 bridgehead atoms. The van der Waals surface area contributed by atoms with Crippen LogP contribution in [0.15, 0.2) is 66.0 Å². The number of aryl methyl sites for hydroxylation is 3. The second-order valence-electron chi connectivity index (χ2n) is 9.77. The molecule has 0 unspecified atom stereocenters. The van der Waals surface area contributed by atoms with Crippen molar-refractivity contribution in [2.45, 2.75) is 52.0 Å². The lowest BCUT2D eigenvalue weighted by Crippen LogP contribution is -2.30. The molecule has 1 aliphatic rings. The van der Waals surface area contributed by atoms with Crippen LogP contribution in [0, 0.1) is 26.6 Å². The van der Waals surface area contributed by atoms with Crippen molar-refractivity contribution in [2.24, 2.45) is 0 Å². The number of imidazole rings is 1. The zero-order valence-corrected chi connectivity index (χ0v) is 20.3. The van der Waals surface area contributed by atoms with Gasteiger partial charge in [0.05, 0.1) is 24.7 Å². The molecule has 0 aliphatic heterocycles. The topological polar surface area (TPSA) is 60.1 Å². The number of aliphatic hydroxyl groups is 1. The van der Waals surface area contributed by atoms with E-state index >= 15 is 0 Å². The van der Waals surface area contributed by atoms with Gasteiger partial charge in [0.15, 0.2) is 0 Å². The van der Waals surface area contributed by atoms with E-state index in [2.05, 4.69) is 24.0 Å². The van der Waals surface area contributed by atoms with E-state index in [4.69, 9.17) is 0 Å². The maximum Gasteiger partial charge on any atom is 0.254 e. The van der Waals surface area contributed by atoms with Crippen molar-refractivity contribution in [2.75, 3.05) is 6.61 Å². The van der Waals surface area contributed by atoms with Crippen LogP contribution in [0.25, 0.3) is 5.69 Å². The van der Waals surface area contributed by atoms with Crippen molar-refractivity contribution in [3.63, 3.8) is 0 Å². The highest BCUT2D eigenvalue weighted by molar-refractivity contribution is 5.44. The van der Waals surface area contributed by atoms with Crippen molar-refractivity contribution in [3.8, 4) is 5.69 Å². The first-order valence-corrected chi connectivity index (χ1v) is 12.1. The van der Waals surface area contributed by atoms with Crippen molar-refractivity contribution >= 4 is 0 Å². The lowest BCUT2D eigenvalue weighted by atomic mass is 9.99. The number of hydrogen-bond acceptors (Lipinski definition) is 3. The van der Waals surface area contributed by atoms with E-state index < -0.39 is 6.04 Å². The van der Waals surface area contributed by atoms with Gasteiger partial charge >= 0.3 is 0 Å². The average Bonchev–Trinajstić information content (AvgIpc) is 3.57. The molecule has 5 rings (SSSR count). The number of nitrogens with zero attached hydrogens (tertiary/aromatic N) is 3. The third-order valence-corrected chi connectivity index (χ3v) is 6.79. The molecule has 5 nitrogen and oxygen atoms in total. The zero-order valence-electron chi connectivity index (χ0n) is 20.3. The van der Waals surface area contributed by atoms with Crippen LogP contribution in [0.5, 0.6) is 0 Å². The SMILES string of the molecule is Cc1cc(F)cc([C@H](CO)n2cc(C3CC3)cc(Cc3ccc(-n4cnc(C)c4)c(C)c3)c2=O)c1. The van der Waals surface area contributed by atoms with Gasteiger partial charge in [-0.15, -0.1) is 0 Å².